The van der Waals surface area contributed by atoms with Crippen molar-refractivity contribution in [2.75, 3.05) is 39.6 Å². The zero-order valence-electron chi connectivity index (χ0n) is 54.9. The number of unbranched alkanes of at least 4 members (excludes halogenated alkanes) is 6. The molecule has 0 fully saturated rings. The molecule has 0 atom stereocenters. The summed E-state index contributed by atoms with van der Waals surface area (Å²) < 4.78 is 41.2. The van der Waals surface area contributed by atoms with E-state index in [4.69, 9.17) is 39.1 Å². The number of ether oxygens (including phenoxy) is 6. The minimum Gasteiger partial charge on any atom is -0.714 e. The fraction of sp³-hybridized carbons (Fsp3) is 0.474. The van der Waals surface area contributed by atoms with Crippen LogP contribution in [-0.4, -0.2) is 82.9 Å². The predicted octanol–water partition coefficient (Wildman–Crippen LogP) is 15.2. The number of rotatable bonds is 26. The van der Waals surface area contributed by atoms with E-state index in [0.29, 0.717) is 119 Å². The largest absolute Gasteiger partial charge is 0.714 e. The highest BCUT2D eigenvalue weighted by Crippen LogP contribution is 2.36. The van der Waals surface area contributed by atoms with Gasteiger partial charge in [0.1, 0.15) is 45.6 Å². The minimum atomic E-state index is -0.679. The molecule has 0 aromatic heterocycles. The molecule has 0 saturated heterocycles. The Hall–Kier alpha value is -8.32. The van der Waals surface area contributed by atoms with Crippen molar-refractivity contribution >= 4 is 11.7 Å². The van der Waals surface area contributed by atoms with Gasteiger partial charge in [-0.2, -0.15) is 0 Å². The van der Waals surface area contributed by atoms with Crippen LogP contribution in [0.25, 0.3) is 0 Å². The Morgan fingerprint density at radius 3 is 0.716 bits per heavy atom. The van der Waals surface area contributed by atoms with Gasteiger partial charge in [0.2, 0.25) is 0 Å². The van der Waals surface area contributed by atoms with E-state index in [9.17, 15) is 10.4 Å². The topological polar surface area (TPSA) is 136 Å². The number of amidine groups is 2. The summed E-state index contributed by atoms with van der Waals surface area (Å²) in [7, 11) is 0. The van der Waals surface area contributed by atoms with E-state index in [2.05, 4.69) is 88.9 Å². The summed E-state index contributed by atoms with van der Waals surface area (Å²) >= 11 is 0. The van der Waals surface area contributed by atoms with E-state index in [1.807, 2.05) is 140 Å². The SMILES string of the molecule is CCCCOc1cc(C#Cc2cc(OCCCC)c(C#Cc3cc(OCCCC)c(C#Cc4ccc(C5=[N+]([O-])C(C)(C)C(C)(C)[N]5)cc4)cc3OCCCC)cc2OCCCC)c(OCCCC)cc1C#Cc1ccc(C2=[N+]([O-])C(C)(C)C(C)(C)[N]2)cc1. The molecule has 0 amide bonds. The molecule has 12 nitrogen and oxygen atoms in total. The Morgan fingerprint density at radius 1 is 0.330 bits per heavy atom. The smallest absolute Gasteiger partial charge is 0.324 e. The first-order chi connectivity index (χ1) is 42.2. The maximum absolute atomic E-state index is 13.3. The molecule has 7 rings (SSSR count). The van der Waals surface area contributed by atoms with E-state index in [1.54, 1.807) is 0 Å². The second-order valence-corrected chi connectivity index (χ2v) is 24.6. The van der Waals surface area contributed by atoms with Crippen molar-refractivity contribution in [2.45, 2.75) is 196 Å². The molecule has 2 radical (unpaired) electrons. The van der Waals surface area contributed by atoms with Crippen molar-refractivity contribution < 1.29 is 37.9 Å². The summed E-state index contributed by atoms with van der Waals surface area (Å²) in [6, 6.07) is 26.9. The summed E-state index contributed by atoms with van der Waals surface area (Å²) in [4.78, 5) is 0. The minimum absolute atomic E-state index is 0.423. The summed E-state index contributed by atoms with van der Waals surface area (Å²) in [5, 5.41) is 36.3. The normalized spacial score (nSPS) is 14.8. The zero-order valence-corrected chi connectivity index (χ0v) is 54.9. The number of hydrogen-bond donors (Lipinski definition) is 0. The lowest BCUT2D eigenvalue weighted by Crippen LogP contribution is -2.50. The van der Waals surface area contributed by atoms with Crippen molar-refractivity contribution in [1.82, 2.24) is 10.6 Å². The van der Waals surface area contributed by atoms with Gasteiger partial charge in [-0.05, 0) is 142 Å². The molecule has 0 spiro atoms. The second kappa shape index (κ2) is 31.0. The molecule has 2 aliphatic heterocycles. The lowest BCUT2D eigenvalue weighted by Gasteiger charge is -2.30. The van der Waals surface area contributed by atoms with E-state index >= 15 is 0 Å². The van der Waals surface area contributed by atoms with Gasteiger partial charge in [0.25, 0.3) is 0 Å². The van der Waals surface area contributed by atoms with Gasteiger partial charge < -0.3 is 38.8 Å². The second-order valence-electron chi connectivity index (χ2n) is 24.6. The first-order valence-electron chi connectivity index (χ1n) is 32.0. The van der Waals surface area contributed by atoms with Crippen molar-refractivity contribution in [3.05, 3.63) is 151 Å². The fourth-order valence-corrected chi connectivity index (χ4v) is 9.18. The molecule has 2 aliphatic rings. The van der Waals surface area contributed by atoms with Crippen LogP contribution < -0.4 is 39.1 Å². The summed E-state index contributed by atoms with van der Waals surface area (Å²) in [6.45, 7) is 31.4. The molecule has 0 bridgehead atoms. The fourth-order valence-electron chi connectivity index (χ4n) is 9.18. The monoisotopic (exact) mass is 1190 g/mol. The van der Waals surface area contributed by atoms with Crippen molar-refractivity contribution in [3.63, 3.8) is 0 Å². The molecule has 0 saturated carbocycles. The van der Waals surface area contributed by atoms with E-state index < -0.39 is 22.2 Å². The molecule has 5 aromatic carbocycles. The van der Waals surface area contributed by atoms with Gasteiger partial charge in [0.15, 0.2) is 11.1 Å². The highest BCUT2D eigenvalue weighted by atomic mass is 16.5. The van der Waals surface area contributed by atoms with Crippen molar-refractivity contribution in [1.29, 1.82) is 0 Å². The highest BCUT2D eigenvalue weighted by Gasteiger charge is 2.56. The highest BCUT2D eigenvalue weighted by molar-refractivity contribution is 5.97. The molecular formula is C76H92N4O8. The van der Waals surface area contributed by atoms with Crippen molar-refractivity contribution in [3.8, 4) is 81.9 Å². The Labute approximate surface area is 526 Å². The first-order valence-corrected chi connectivity index (χ1v) is 32.0. The molecule has 88 heavy (non-hydrogen) atoms. The molecule has 5 aromatic rings. The lowest BCUT2D eigenvalue weighted by atomic mass is 9.84. The van der Waals surface area contributed by atoms with Gasteiger partial charge in [-0.15, -0.1) is 0 Å². The molecule has 12 heteroatoms. The van der Waals surface area contributed by atoms with Crippen LogP contribution in [-0.2, 0) is 0 Å². The Kier molecular flexibility index (Phi) is 23.7. The van der Waals surface area contributed by atoms with Crippen molar-refractivity contribution in [2.24, 2.45) is 0 Å². The number of nitrogens with zero attached hydrogens (tertiary/aromatic N) is 4. The van der Waals surface area contributed by atoms with Crippen LogP contribution in [0.5, 0.6) is 34.5 Å². The zero-order chi connectivity index (χ0) is 63.5. The van der Waals surface area contributed by atoms with Gasteiger partial charge in [-0.3, -0.25) is 9.48 Å². The maximum Gasteiger partial charge on any atom is 0.324 e. The Morgan fingerprint density at radius 2 is 0.534 bits per heavy atom. The van der Waals surface area contributed by atoms with Gasteiger partial charge in [-0.1, -0.05) is 138 Å². The quantitative estimate of drug-likeness (QED) is 0.0231. The van der Waals surface area contributed by atoms with Crippen LogP contribution in [0, 0.1) is 57.8 Å². The van der Waals surface area contributed by atoms with Gasteiger partial charge in [0, 0.05) is 47.5 Å². The average Bonchev–Trinajstić information content (AvgIpc) is 1.87. The summed E-state index contributed by atoms with van der Waals surface area (Å²) in [6.07, 6.45) is 10.9. The Balaban J connectivity index is 1.29. The van der Waals surface area contributed by atoms with Crippen LogP contribution in [0.15, 0.2) is 84.9 Å². The standard InChI is InChI=1S/C76H92N4O8/c1-15-21-43-83-65-51-61(67(85-45-23-17-3)49-59(65)37-31-55-27-33-57(34-28-55)71-77-73(7,8)75(11,12)79(71)81)39-41-63-53-70(88-48-26-20-6)64(54-69(63)87-47-25-19-5)42-40-62-52-66(84-44-22-16-2)60(50-68(62)86-46-24-18-4)38-32-56-29-35-58(36-30-56)72-78-74(9,10)76(13,14)80(72)82/h27-30,33-36,49-54H,15-26,43-48H2,1-14H3. The number of benzene rings is 5. The van der Waals surface area contributed by atoms with Gasteiger partial charge in [-0.25, -0.2) is 0 Å². The van der Waals surface area contributed by atoms with Crippen LogP contribution in [0.4, 0.5) is 0 Å². The molecule has 2 heterocycles. The van der Waals surface area contributed by atoms with Gasteiger partial charge >= 0.3 is 11.7 Å². The average molecular weight is 1190 g/mol. The third-order valence-electron chi connectivity index (χ3n) is 16.6. The third-order valence-corrected chi connectivity index (χ3v) is 16.6. The molecule has 0 unspecified atom stereocenters. The van der Waals surface area contributed by atoms with Crippen LogP contribution >= 0.6 is 0 Å². The molecule has 0 aliphatic carbocycles. The summed E-state index contributed by atoms with van der Waals surface area (Å²) in [5.41, 5.74) is 4.56. The number of hydroxylamine groups is 2. The Bertz CT molecular complexity index is 3310. The van der Waals surface area contributed by atoms with E-state index in [0.717, 1.165) is 109 Å². The van der Waals surface area contributed by atoms with Gasteiger partial charge in [0.05, 0.1) is 84.1 Å². The van der Waals surface area contributed by atoms with Crippen LogP contribution in [0.2, 0.25) is 0 Å². The summed E-state index contributed by atoms with van der Waals surface area (Å²) in [5.74, 6) is 31.8. The van der Waals surface area contributed by atoms with Crippen LogP contribution in [0.1, 0.15) is 230 Å². The molecule has 464 valence electrons. The maximum atomic E-state index is 13.3. The lowest BCUT2D eigenvalue weighted by molar-refractivity contribution is -0.539. The third kappa shape index (κ3) is 16.6. The van der Waals surface area contributed by atoms with Crippen LogP contribution in [0.3, 0.4) is 0 Å². The van der Waals surface area contributed by atoms with E-state index in [1.165, 1.54) is 0 Å². The number of hydrogen-bond acceptors (Lipinski definition) is 8. The molecular weight excluding hydrogens is 1100 g/mol. The van der Waals surface area contributed by atoms with E-state index in [-0.39, 0.29) is 0 Å². The predicted molar refractivity (Wildman–Crippen MR) is 355 cm³/mol. The first kappa shape index (κ1) is 67.2. The molecule has 0 N–H and O–H groups in total.